The van der Waals surface area contributed by atoms with E-state index in [4.69, 9.17) is 17.3 Å². The molecule has 0 aliphatic carbocycles. The van der Waals surface area contributed by atoms with Crippen LogP contribution in [0.25, 0.3) is 0 Å². The predicted molar refractivity (Wildman–Crippen MR) is 66.5 cm³/mol. The summed E-state index contributed by atoms with van der Waals surface area (Å²) in [6.07, 6.45) is 0.489. The van der Waals surface area contributed by atoms with E-state index in [2.05, 4.69) is 20.9 Å². The summed E-state index contributed by atoms with van der Waals surface area (Å²) in [6, 6.07) is 3.56. The lowest BCUT2D eigenvalue weighted by atomic mass is 10.1. The van der Waals surface area contributed by atoms with Gasteiger partial charge < -0.3 is 10.6 Å². The van der Waals surface area contributed by atoms with E-state index in [0.29, 0.717) is 35.0 Å². The maximum atomic E-state index is 11.8. The highest BCUT2D eigenvalue weighted by Crippen LogP contribution is 2.30. The number of carbonyl (C=O) groups excluding carboxylic acids is 1. The largest absolute Gasteiger partial charge is 0.330 e. The van der Waals surface area contributed by atoms with Crippen LogP contribution in [0.15, 0.2) is 16.7 Å². The zero-order chi connectivity index (χ0) is 11.7. The van der Waals surface area contributed by atoms with Crippen molar-refractivity contribution in [3.8, 4) is 0 Å². The van der Waals surface area contributed by atoms with Crippen molar-refractivity contribution in [2.24, 2.45) is 11.7 Å². The highest BCUT2D eigenvalue weighted by Gasteiger charge is 2.31. The molecule has 2 rings (SSSR count). The summed E-state index contributed by atoms with van der Waals surface area (Å²) in [5, 5.41) is 0.334. The topological polar surface area (TPSA) is 59.2 Å². The number of halogens is 2. The predicted octanol–water partition coefficient (Wildman–Crippen LogP) is 1.81. The van der Waals surface area contributed by atoms with Gasteiger partial charge in [0.25, 0.3) is 0 Å². The van der Waals surface area contributed by atoms with E-state index in [0.717, 1.165) is 0 Å². The number of aromatic nitrogens is 1. The Labute approximate surface area is 107 Å². The van der Waals surface area contributed by atoms with Crippen molar-refractivity contribution in [2.75, 3.05) is 18.0 Å². The van der Waals surface area contributed by atoms with Crippen LogP contribution in [0.4, 0.5) is 5.69 Å². The molecule has 4 nitrogen and oxygen atoms in total. The SMILES string of the molecule is NCC1CC(=O)N(c2ccc(Br)nc2Cl)C1. The lowest BCUT2D eigenvalue weighted by Crippen LogP contribution is -2.26. The van der Waals surface area contributed by atoms with Crippen LogP contribution in [-0.4, -0.2) is 24.0 Å². The monoisotopic (exact) mass is 303 g/mol. The van der Waals surface area contributed by atoms with Crippen molar-refractivity contribution >= 4 is 39.1 Å². The van der Waals surface area contributed by atoms with E-state index in [1.807, 2.05) is 0 Å². The molecular weight excluding hydrogens is 293 g/mol. The van der Waals surface area contributed by atoms with Crippen molar-refractivity contribution in [3.05, 3.63) is 21.9 Å². The number of carbonyl (C=O) groups is 1. The second-order valence-electron chi connectivity index (χ2n) is 3.75. The van der Waals surface area contributed by atoms with E-state index in [-0.39, 0.29) is 11.8 Å². The molecule has 1 atom stereocenters. The first-order valence-corrected chi connectivity index (χ1v) is 6.11. The number of nitrogens with two attached hydrogens (primary N) is 1. The van der Waals surface area contributed by atoms with Gasteiger partial charge >= 0.3 is 0 Å². The Hall–Kier alpha value is -0.650. The zero-order valence-corrected chi connectivity index (χ0v) is 10.8. The van der Waals surface area contributed by atoms with Gasteiger partial charge in [-0.25, -0.2) is 4.98 Å². The van der Waals surface area contributed by atoms with Crippen LogP contribution in [0.3, 0.4) is 0 Å². The Morgan fingerprint density at radius 3 is 2.94 bits per heavy atom. The smallest absolute Gasteiger partial charge is 0.227 e. The first-order chi connectivity index (χ1) is 7.61. The summed E-state index contributed by atoms with van der Waals surface area (Å²) in [4.78, 5) is 17.5. The molecule has 2 N–H and O–H groups in total. The first kappa shape index (κ1) is 11.8. The normalized spacial score (nSPS) is 20.6. The minimum Gasteiger partial charge on any atom is -0.330 e. The van der Waals surface area contributed by atoms with Gasteiger partial charge in [-0.05, 0) is 40.5 Å². The Morgan fingerprint density at radius 2 is 2.38 bits per heavy atom. The summed E-state index contributed by atoms with van der Waals surface area (Å²) in [5.74, 6) is 0.272. The van der Waals surface area contributed by atoms with Gasteiger partial charge in [0.05, 0.1) is 5.69 Å². The molecule has 1 aliphatic rings. The molecule has 1 fully saturated rings. The van der Waals surface area contributed by atoms with Crippen LogP contribution in [0.2, 0.25) is 5.15 Å². The van der Waals surface area contributed by atoms with Gasteiger partial charge in [0, 0.05) is 13.0 Å². The van der Waals surface area contributed by atoms with Crippen molar-refractivity contribution in [1.29, 1.82) is 0 Å². The standard InChI is InChI=1S/C10H11BrClN3O/c11-8-2-1-7(10(12)14-8)15-5-6(4-13)3-9(15)16/h1-2,6H,3-5,13H2. The van der Waals surface area contributed by atoms with Crippen LogP contribution in [-0.2, 0) is 4.79 Å². The Bertz CT molecular complexity index is 427. The highest BCUT2D eigenvalue weighted by molar-refractivity contribution is 9.10. The van der Waals surface area contributed by atoms with Crippen LogP contribution in [0.5, 0.6) is 0 Å². The molecule has 16 heavy (non-hydrogen) atoms. The Balaban J connectivity index is 2.28. The number of hydrogen-bond acceptors (Lipinski definition) is 3. The summed E-state index contributed by atoms with van der Waals surface area (Å²) in [6.45, 7) is 1.14. The summed E-state index contributed by atoms with van der Waals surface area (Å²) < 4.78 is 0.656. The maximum Gasteiger partial charge on any atom is 0.227 e. The summed E-state index contributed by atoms with van der Waals surface area (Å²) >= 11 is 9.23. The van der Waals surface area contributed by atoms with Crippen LogP contribution in [0, 0.1) is 5.92 Å². The van der Waals surface area contributed by atoms with Crippen molar-refractivity contribution in [3.63, 3.8) is 0 Å². The van der Waals surface area contributed by atoms with Gasteiger partial charge in [-0.15, -0.1) is 0 Å². The molecule has 0 saturated carbocycles. The van der Waals surface area contributed by atoms with Gasteiger partial charge in [0.15, 0.2) is 5.15 Å². The quantitative estimate of drug-likeness (QED) is 0.848. The fraction of sp³-hybridized carbons (Fsp3) is 0.400. The Kier molecular flexibility index (Phi) is 3.47. The van der Waals surface area contributed by atoms with E-state index in [1.54, 1.807) is 17.0 Å². The fourth-order valence-electron chi connectivity index (χ4n) is 1.78. The number of pyridine rings is 1. The van der Waals surface area contributed by atoms with Crippen molar-refractivity contribution < 1.29 is 4.79 Å². The highest BCUT2D eigenvalue weighted by atomic mass is 79.9. The first-order valence-electron chi connectivity index (χ1n) is 4.94. The third-order valence-corrected chi connectivity index (χ3v) is 3.34. The van der Waals surface area contributed by atoms with Crippen LogP contribution >= 0.6 is 27.5 Å². The molecule has 1 aromatic heterocycles. The number of amides is 1. The van der Waals surface area contributed by atoms with E-state index >= 15 is 0 Å². The average Bonchev–Trinajstić information content (AvgIpc) is 2.60. The zero-order valence-electron chi connectivity index (χ0n) is 8.49. The number of rotatable bonds is 2. The van der Waals surface area contributed by atoms with Gasteiger partial charge in [-0.3, -0.25) is 4.79 Å². The van der Waals surface area contributed by atoms with E-state index < -0.39 is 0 Å². The second-order valence-corrected chi connectivity index (χ2v) is 4.92. The summed E-state index contributed by atoms with van der Waals surface area (Å²) in [7, 11) is 0. The molecule has 6 heteroatoms. The molecule has 1 amide bonds. The van der Waals surface area contributed by atoms with Crippen LogP contribution in [0.1, 0.15) is 6.42 Å². The minimum absolute atomic E-state index is 0.0569. The van der Waals surface area contributed by atoms with Crippen molar-refractivity contribution in [1.82, 2.24) is 4.98 Å². The molecule has 86 valence electrons. The van der Waals surface area contributed by atoms with Gasteiger partial charge in [-0.2, -0.15) is 0 Å². The minimum atomic E-state index is 0.0569. The second kappa shape index (κ2) is 4.69. The fourth-order valence-corrected chi connectivity index (χ4v) is 2.45. The molecule has 0 aromatic carbocycles. The maximum absolute atomic E-state index is 11.8. The Morgan fingerprint density at radius 1 is 1.62 bits per heavy atom. The average molecular weight is 305 g/mol. The van der Waals surface area contributed by atoms with Crippen LogP contribution < -0.4 is 10.6 Å². The third kappa shape index (κ3) is 2.21. The summed E-state index contributed by atoms with van der Waals surface area (Å²) in [5.41, 5.74) is 6.22. The lowest BCUT2D eigenvalue weighted by molar-refractivity contribution is -0.117. The molecule has 0 spiro atoms. The molecule has 1 unspecified atom stereocenters. The van der Waals surface area contributed by atoms with Gasteiger partial charge in [0.2, 0.25) is 5.91 Å². The third-order valence-electron chi connectivity index (χ3n) is 2.62. The van der Waals surface area contributed by atoms with Crippen molar-refractivity contribution in [2.45, 2.75) is 6.42 Å². The molecule has 2 heterocycles. The lowest BCUT2D eigenvalue weighted by Gasteiger charge is -2.17. The van der Waals surface area contributed by atoms with E-state index in [9.17, 15) is 4.79 Å². The molecular formula is C10H11BrClN3O. The molecule has 0 radical (unpaired) electrons. The number of anilines is 1. The van der Waals surface area contributed by atoms with Gasteiger partial charge in [0.1, 0.15) is 4.60 Å². The van der Waals surface area contributed by atoms with E-state index in [1.165, 1.54) is 0 Å². The molecule has 1 aliphatic heterocycles. The number of hydrogen-bond donors (Lipinski definition) is 1. The molecule has 0 bridgehead atoms. The number of nitrogens with zero attached hydrogens (tertiary/aromatic N) is 2. The van der Waals surface area contributed by atoms with Gasteiger partial charge in [-0.1, -0.05) is 11.6 Å². The molecule has 1 aromatic rings. The molecule has 1 saturated heterocycles.